The van der Waals surface area contributed by atoms with Gasteiger partial charge in [0.1, 0.15) is 0 Å². The third kappa shape index (κ3) is 3.49. The molecule has 0 spiro atoms. The number of carbonyl (C=O) groups excluding carboxylic acids is 1. The number of anilines is 1. The van der Waals surface area contributed by atoms with Crippen molar-refractivity contribution >= 4 is 11.6 Å². The van der Waals surface area contributed by atoms with E-state index in [4.69, 9.17) is 0 Å². The summed E-state index contributed by atoms with van der Waals surface area (Å²) >= 11 is 0. The molecule has 3 nitrogen and oxygen atoms in total. The van der Waals surface area contributed by atoms with E-state index in [1.54, 1.807) is 0 Å². The van der Waals surface area contributed by atoms with Gasteiger partial charge in [0.05, 0.1) is 0 Å². The zero-order valence-corrected chi connectivity index (χ0v) is 12.1. The van der Waals surface area contributed by atoms with Crippen LogP contribution in [0.3, 0.4) is 0 Å². The van der Waals surface area contributed by atoms with Crippen LogP contribution in [-0.4, -0.2) is 18.5 Å². The van der Waals surface area contributed by atoms with E-state index >= 15 is 0 Å². The molecule has 1 fully saturated rings. The Balaban J connectivity index is 1.91. The van der Waals surface area contributed by atoms with Crippen molar-refractivity contribution in [3.8, 4) is 0 Å². The lowest BCUT2D eigenvalue weighted by molar-refractivity contribution is 0.0956. The SMILES string of the molecule is CCNC(=O)c1cccc(NC2CC(C(C)C)C2)c1. The Morgan fingerprint density at radius 3 is 2.74 bits per heavy atom. The molecule has 0 unspecified atom stereocenters. The van der Waals surface area contributed by atoms with Crippen molar-refractivity contribution in [2.75, 3.05) is 11.9 Å². The van der Waals surface area contributed by atoms with Crippen molar-refractivity contribution in [1.29, 1.82) is 0 Å². The quantitative estimate of drug-likeness (QED) is 0.853. The van der Waals surface area contributed by atoms with E-state index < -0.39 is 0 Å². The zero-order chi connectivity index (χ0) is 13.8. The molecule has 2 rings (SSSR count). The molecule has 0 radical (unpaired) electrons. The molecule has 104 valence electrons. The van der Waals surface area contributed by atoms with Gasteiger partial charge in [-0.1, -0.05) is 19.9 Å². The Morgan fingerprint density at radius 1 is 1.37 bits per heavy atom. The maximum Gasteiger partial charge on any atom is 0.251 e. The number of hydrogen-bond donors (Lipinski definition) is 2. The van der Waals surface area contributed by atoms with Crippen LogP contribution in [0, 0.1) is 11.8 Å². The molecule has 0 saturated heterocycles. The standard InChI is InChI=1S/C16H24N2O/c1-4-17-16(19)12-6-5-7-14(8-12)18-15-9-13(10-15)11(2)3/h5-8,11,13,15,18H,4,9-10H2,1-3H3,(H,17,19). The Hall–Kier alpha value is -1.51. The molecule has 3 heteroatoms. The summed E-state index contributed by atoms with van der Waals surface area (Å²) in [5.41, 5.74) is 1.78. The Labute approximate surface area is 115 Å². The smallest absolute Gasteiger partial charge is 0.251 e. The number of carbonyl (C=O) groups is 1. The molecule has 1 aromatic rings. The van der Waals surface area contributed by atoms with Gasteiger partial charge in [-0.15, -0.1) is 0 Å². The highest BCUT2D eigenvalue weighted by molar-refractivity contribution is 5.95. The summed E-state index contributed by atoms with van der Waals surface area (Å²) < 4.78 is 0. The van der Waals surface area contributed by atoms with Crippen molar-refractivity contribution in [2.24, 2.45) is 11.8 Å². The molecule has 1 amide bonds. The van der Waals surface area contributed by atoms with Gasteiger partial charge in [-0.2, -0.15) is 0 Å². The van der Waals surface area contributed by atoms with Gasteiger partial charge in [0.2, 0.25) is 0 Å². The normalized spacial score (nSPS) is 21.9. The van der Waals surface area contributed by atoms with Crippen LogP contribution in [0.4, 0.5) is 5.69 Å². The van der Waals surface area contributed by atoms with Crippen LogP contribution in [-0.2, 0) is 0 Å². The number of nitrogens with one attached hydrogen (secondary N) is 2. The van der Waals surface area contributed by atoms with E-state index in [1.165, 1.54) is 12.8 Å². The maximum atomic E-state index is 11.8. The molecule has 0 aromatic heterocycles. The van der Waals surface area contributed by atoms with Crippen LogP contribution in [0.1, 0.15) is 44.0 Å². The predicted octanol–water partition coefficient (Wildman–Crippen LogP) is 3.28. The molecule has 1 aromatic carbocycles. The number of benzene rings is 1. The third-order valence-corrected chi connectivity index (χ3v) is 3.95. The van der Waals surface area contributed by atoms with Gasteiger partial charge in [0.25, 0.3) is 5.91 Å². The van der Waals surface area contributed by atoms with Crippen LogP contribution >= 0.6 is 0 Å². The molecule has 1 aliphatic rings. The summed E-state index contributed by atoms with van der Waals surface area (Å²) in [6.07, 6.45) is 2.48. The average molecular weight is 260 g/mol. The first-order valence-corrected chi connectivity index (χ1v) is 7.25. The summed E-state index contributed by atoms with van der Waals surface area (Å²) in [5.74, 6) is 1.63. The summed E-state index contributed by atoms with van der Waals surface area (Å²) in [6.45, 7) is 7.17. The summed E-state index contributed by atoms with van der Waals surface area (Å²) in [4.78, 5) is 11.8. The van der Waals surface area contributed by atoms with E-state index in [0.717, 1.165) is 23.1 Å². The zero-order valence-electron chi connectivity index (χ0n) is 12.1. The first kappa shape index (κ1) is 13.9. The molecule has 1 saturated carbocycles. The molecule has 2 N–H and O–H groups in total. The Morgan fingerprint density at radius 2 is 2.11 bits per heavy atom. The van der Waals surface area contributed by atoms with E-state index in [9.17, 15) is 4.79 Å². The van der Waals surface area contributed by atoms with Gasteiger partial charge in [0.15, 0.2) is 0 Å². The lowest BCUT2D eigenvalue weighted by atomic mass is 9.73. The minimum Gasteiger partial charge on any atom is -0.382 e. The number of rotatable bonds is 5. The number of amides is 1. The predicted molar refractivity (Wildman–Crippen MR) is 79.4 cm³/mol. The van der Waals surface area contributed by atoms with Crippen LogP contribution in [0.2, 0.25) is 0 Å². The Bertz CT molecular complexity index is 436. The van der Waals surface area contributed by atoms with Crippen LogP contribution in [0.25, 0.3) is 0 Å². The van der Waals surface area contributed by atoms with E-state index in [2.05, 4.69) is 24.5 Å². The number of hydrogen-bond acceptors (Lipinski definition) is 2. The summed E-state index contributed by atoms with van der Waals surface area (Å²) in [5, 5.41) is 6.35. The highest BCUT2D eigenvalue weighted by atomic mass is 16.1. The fraction of sp³-hybridized carbons (Fsp3) is 0.562. The highest BCUT2D eigenvalue weighted by Crippen LogP contribution is 2.35. The van der Waals surface area contributed by atoms with Gasteiger partial charge in [-0.3, -0.25) is 4.79 Å². The van der Waals surface area contributed by atoms with Gasteiger partial charge in [-0.25, -0.2) is 0 Å². The minimum absolute atomic E-state index is 0.000170. The second kappa shape index (κ2) is 6.09. The second-order valence-corrected chi connectivity index (χ2v) is 5.76. The van der Waals surface area contributed by atoms with Gasteiger partial charge in [-0.05, 0) is 49.8 Å². The van der Waals surface area contributed by atoms with Crippen molar-refractivity contribution < 1.29 is 4.79 Å². The molecule has 19 heavy (non-hydrogen) atoms. The van der Waals surface area contributed by atoms with Crippen molar-refractivity contribution in [2.45, 2.75) is 39.7 Å². The largest absolute Gasteiger partial charge is 0.382 e. The van der Waals surface area contributed by atoms with E-state index in [1.807, 2.05) is 31.2 Å². The Kier molecular flexibility index (Phi) is 4.46. The second-order valence-electron chi connectivity index (χ2n) is 5.76. The first-order valence-electron chi connectivity index (χ1n) is 7.25. The highest BCUT2D eigenvalue weighted by Gasteiger charge is 2.30. The van der Waals surface area contributed by atoms with Crippen molar-refractivity contribution in [3.63, 3.8) is 0 Å². The topological polar surface area (TPSA) is 41.1 Å². The monoisotopic (exact) mass is 260 g/mol. The van der Waals surface area contributed by atoms with Gasteiger partial charge < -0.3 is 10.6 Å². The summed E-state index contributed by atoms with van der Waals surface area (Å²) in [6, 6.07) is 8.33. The van der Waals surface area contributed by atoms with Crippen LogP contribution in [0.5, 0.6) is 0 Å². The summed E-state index contributed by atoms with van der Waals surface area (Å²) in [7, 11) is 0. The lowest BCUT2D eigenvalue weighted by Gasteiger charge is -2.39. The fourth-order valence-electron chi connectivity index (χ4n) is 2.57. The van der Waals surface area contributed by atoms with Crippen molar-refractivity contribution in [3.05, 3.63) is 29.8 Å². The van der Waals surface area contributed by atoms with E-state index in [-0.39, 0.29) is 5.91 Å². The molecular formula is C16H24N2O. The molecule has 0 aliphatic heterocycles. The van der Waals surface area contributed by atoms with Gasteiger partial charge in [0, 0.05) is 23.8 Å². The molecule has 0 atom stereocenters. The van der Waals surface area contributed by atoms with Crippen LogP contribution in [0.15, 0.2) is 24.3 Å². The molecule has 0 bridgehead atoms. The maximum absolute atomic E-state index is 11.8. The fourth-order valence-corrected chi connectivity index (χ4v) is 2.57. The van der Waals surface area contributed by atoms with Gasteiger partial charge >= 0.3 is 0 Å². The first-order chi connectivity index (χ1) is 9.10. The van der Waals surface area contributed by atoms with E-state index in [0.29, 0.717) is 12.6 Å². The van der Waals surface area contributed by atoms with Crippen LogP contribution < -0.4 is 10.6 Å². The average Bonchev–Trinajstić information content (AvgIpc) is 2.33. The molecular weight excluding hydrogens is 236 g/mol. The van der Waals surface area contributed by atoms with Crippen molar-refractivity contribution in [1.82, 2.24) is 5.32 Å². The molecule has 1 aliphatic carbocycles. The minimum atomic E-state index is -0.000170. The third-order valence-electron chi connectivity index (χ3n) is 3.95. The molecule has 0 heterocycles. The lowest BCUT2D eigenvalue weighted by Crippen LogP contribution is -2.37.